The first kappa shape index (κ1) is 14.7. The van der Waals surface area contributed by atoms with E-state index in [4.69, 9.17) is 10.5 Å². The molecule has 3 atom stereocenters. The number of nitrogens with zero attached hydrogens (tertiary/aromatic N) is 1. The number of ether oxygens (including phenoxy) is 1. The zero-order chi connectivity index (χ0) is 15.0. The van der Waals surface area contributed by atoms with Gasteiger partial charge in [0.1, 0.15) is 17.3 Å². The molecule has 0 spiro atoms. The third kappa shape index (κ3) is 3.04. The molecule has 2 N–H and O–H groups in total. The van der Waals surface area contributed by atoms with E-state index >= 15 is 0 Å². The zero-order valence-electron chi connectivity index (χ0n) is 12.3. The molecule has 0 saturated carbocycles. The summed E-state index contributed by atoms with van der Waals surface area (Å²) in [4.78, 5) is 1.79. The highest BCUT2D eigenvalue weighted by atomic mass is 19.1. The number of benzene rings is 1. The zero-order valence-corrected chi connectivity index (χ0v) is 12.3. The van der Waals surface area contributed by atoms with Crippen LogP contribution in [0.15, 0.2) is 12.1 Å². The third-order valence-corrected chi connectivity index (χ3v) is 4.46. The van der Waals surface area contributed by atoms with E-state index < -0.39 is 11.6 Å². The van der Waals surface area contributed by atoms with Crippen molar-refractivity contribution in [2.75, 3.05) is 18.0 Å². The molecule has 3 unspecified atom stereocenters. The Morgan fingerprint density at radius 1 is 1.24 bits per heavy atom. The minimum absolute atomic E-state index is 0.0612. The van der Waals surface area contributed by atoms with Gasteiger partial charge in [0.25, 0.3) is 0 Å². The van der Waals surface area contributed by atoms with Crippen molar-refractivity contribution in [1.82, 2.24) is 0 Å². The predicted octanol–water partition coefficient (Wildman–Crippen LogP) is 2.61. The molecule has 0 radical (unpaired) electrons. The minimum Gasteiger partial charge on any atom is -0.371 e. The van der Waals surface area contributed by atoms with Crippen molar-refractivity contribution >= 4 is 5.69 Å². The summed E-state index contributed by atoms with van der Waals surface area (Å²) in [5, 5.41) is 0. The Balaban J connectivity index is 1.82. The van der Waals surface area contributed by atoms with E-state index in [0.29, 0.717) is 25.1 Å². The fourth-order valence-electron chi connectivity index (χ4n) is 3.28. The van der Waals surface area contributed by atoms with E-state index in [1.54, 1.807) is 4.90 Å². The van der Waals surface area contributed by atoms with Crippen molar-refractivity contribution in [1.29, 1.82) is 0 Å². The highest BCUT2D eigenvalue weighted by molar-refractivity contribution is 5.51. The van der Waals surface area contributed by atoms with Crippen LogP contribution in [0.5, 0.6) is 0 Å². The third-order valence-electron chi connectivity index (χ3n) is 4.46. The van der Waals surface area contributed by atoms with Crippen LogP contribution >= 0.6 is 0 Å². The fraction of sp³-hybridized carbons (Fsp3) is 0.625. The number of hydrogen-bond acceptors (Lipinski definition) is 3. The second-order valence-electron chi connectivity index (χ2n) is 6.14. The van der Waals surface area contributed by atoms with E-state index in [0.717, 1.165) is 19.3 Å². The SMILES string of the molecule is CCC(N)Cc1cc(F)c(N2CC3CCC(C2)O3)c(F)c1. The van der Waals surface area contributed by atoms with Crippen LogP contribution in [0, 0.1) is 11.6 Å². The summed E-state index contributed by atoms with van der Waals surface area (Å²) >= 11 is 0. The fourth-order valence-corrected chi connectivity index (χ4v) is 3.28. The quantitative estimate of drug-likeness (QED) is 0.928. The number of morpholine rings is 1. The molecule has 2 fully saturated rings. The summed E-state index contributed by atoms with van der Waals surface area (Å²) < 4.78 is 34.4. The second kappa shape index (κ2) is 5.89. The van der Waals surface area contributed by atoms with Gasteiger partial charge < -0.3 is 15.4 Å². The minimum atomic E-state index is -0.491. The Kier molecular flexibility index (Phi) is 4.13. The molecule has 2 heterocycles. The Hall–Kier alpha value is -1.20. The molecule has 0 aromatic heterocycles. The molecular formula is C16H22F2N2O. The van der Waals surface area contributed by atoms with Crippen LogP contribution in [-0.2, 0) is 11.2 Å². The molecule has 2 bridgehead atoms. The van der Waals surface area contributed by atoms with Gasteiger partial charge in [-0.25, -0.2) is 8.78 Å². The average Bonchev–Trinajstić information content (AvgIpc) is 2.77. The summed E-state index contributed by atoms with van der Waals surface area (Å²) in [7, 11) is 0. The first-order chi connectivity index (χ1) is 10.1. The van der Waals surface area contributed by atoms with E-state index in [-0.39, 0.29) is 23.9 Å². The van der Waals surface area contributed by atoms with Crippen molar-refractivity contribution in [3.05, 3.63) is 29.3 Å². The van der Waals surface area contributed by atoms with Crippen LogP contribution in [0.4, 0.5) is 14.5 Å². The molecule has 0 aliphatic carbocycles. The summed E-state index contributed by atoms with van der Waals surface area (Å²) in [5.74, 6) is -0.982. The first-order valence-corrected chi connectivity index (χ1v) is 7.70. The highest BCUT2D eigenvalue weighted by Gasteiger charge is 2.35. The number of hydrogen-bond donors (Lipinski definition) is 1. The molecule has 2 aliphatic heterocycles. The molecule has 1 aromatic carbocycles. The lowest BCUT2D eigenvalue weighted by Gasteiger charge is -2.34. The monoisotopic (exact) mass is 296 g/mol. The number of anilines is 1. The molecule has 2 saturated heterocycles. The topological polar surface area (TPSA) is 38.5 Å². The maximum Gasteiger partial charge on any atom is 0.149 e. The maximum absolute atomic E-state index is 14.4. The van der Waals surface area contributed by atoms with Gasteiger partial charge in [0.2, 0.25) is 0 Å². The van der Waals surface area contributed by atoms with Crippen molar-refractivity contribution in [3.63, 3.8) is 0 Å². The molecule has 5 heteroatoms. The van der Waals surface area contributed by atoms with Gasteiger partial charge in [-0.2, -0.15) is 0 Å². The van der Waals surface area contributed by atoms with Gasteiger partial charge in [0.05, 0.1) is 12.2 Å². The van der Waals surface area contributed by atoms with E-state index in [1.807, 2.05) is 6.92 Å². The molecule has 3 rings (SSSR count). The second-order valence-corrected chi connectivity index (χ2v) is 6.14. The number of rotatable bonds is 4. The van der Waals surface area contributed by atoms with E-state index in [2.05, 4.69) is 0 Å². The van der Waals surface area contributed by atoms with Crippen LogP contribution in [0.1, 0.15) is 31.7 Å². The molecule has 0 amide bonds. The van der Waals surface area contributed by atoms with Gasteiger partial charge in [-0.05, 0) is 43.4 Å². The number of fused-ring (bicyclic) bond motifs is 2. The number of nitrogens with two attached hydrogens (primary N) is 1. The predicted molar refractivity (Wildman–Crippen MR) is 78.4 cm³/mol. The first-order valence-electron chi connectivity index (χ1n) is 7.70. The maximum atomic E-state index is 14.4. The highest BCUT2D eigenvalue weighted by Crippen LogP contribution is 2.33. The molecule has 116 valence electrons. The van der Waals surface area contributed by atoms with Crippen LogP contribution in [0.3, 0.4) is 0 Å². The normalized spacial score (nSPS) is 26.2. The summed E-state index contributed by atoms with van der Waals surface area (Å²) in [6, 6.07) is 2.78. The molecule has 2 aliphatic rings. The van der Waals surface area contributed by atoms with Crippen LogP contribution in [0.2, 0.25) is 0 Å². The van der Waals surface area contributed by atoms with Crippen molar-refractivity contribution < 1.29 is 13.5 Å². The molecule has 21 heavy (non-hydrogen) atoms. The van der Waals surface area contributed by atoms with Gasteiger partial charge >= 0.3 is 0 Å². The molecule has 1 aromatic rings. The Labute approximate surface area is 124 Å². The largest absolute Gasteiger partial charge is 0.371 e. The van der Waals surface area contributed by atoms with Crippen LogP contribution in [0.25, 0.3) is 0 Å². The smallest absolute Gasteiger partial charge is 0.149 e. The van der Waals surface area contributed by atoms with Gasteiger partial charge in [0.15, 0.2) is 0 Å². The standard InChI is InChI=1S/C16H22F2N2O/c1-2-11(19)5-10-6-14(17)16(15(18)7-10)20-8-12-3-4-13(9-20)21-12/h6-7,11-13H,2-5,8-9,19H2,1H3. The van der Waals surface area contributed by atoms with Crippen molar-refractivity contribution in [3.8, 4) is 0 Å². The van der Waals surface area contributed by atoms with Crippen LogP contribution < -0.4 is 10.6 Å². The Bertz CT molecular complexity index is 488. The van der Waals surface area contributed by atoms with Gasteiger partial charge in [0, 0.05) is 19.1 Å². The lowest BCUT2D eigenvalue weighted by Crippen LogP contribution is -2.43. The number of halogens is 2. The summed E-state index contributed by atoms with van der Waals surface area (Å²) in [6.45, 7) is 3.10. The summed E-state index contributed by atoms with van der Waals surface area (Å²) in [5.41, 5.74) is 6.57. The summed E-state index contributed by atoms with van der Waals surface area (Å²) in [6.07, 6.45) is 3.46. The van der Waals surface area contributed by atoms with E-state index in [1.165, 1.54) is 12.1 Å². The Morgan fingerprint density at radius 3 is 2.33 bits per heavy atom. The van der Waals surface area contributed by atoms with Crippen LogP contribution in [-0.4, -0.2) is 31.3 Å². The molecule has 3 nitrogen and oxygen atoms in total. The van der Waals surface area contributed by atoms with Crippen molar-refractivity contribution in [2.45, 2.75) is 50.9 Å². The van der Waals surface area contributed by atoms with Gasteiger partial charge in [-0.15, -0.1) is 0 Å². The lowest BCUT2D eigenvalue weighted by molar-refractivity contribution is 0.0300. The Morgan fingerprint density at radius 2 is 1.81 bits per heavy atom. The van der Waals surface area contributed by atoms with Gasteiger partial charge in [-0.3, -0.25) is 0 Å². The van der Waals surface area contributed by atoms with Gasteiger partial charge in [-0.1, -0.05) is 6.92 Å². The average molecular weight is 296 g/mol. The molecular weight excluding hydrogens is 274 g/mol. The van der Waals surface area contributed by atoms with E-state index in [9.17, 15) is 8.78 Å². The van der Waals surface area contributed by atoms with Crippen molar-refractivity contribution in [2.24, 2.45) is 5.73 Å². The lowest BCUT2D eigenvalue weighted by atomic mass is 10.0.